The van der Waals surface area contributed by atoms with E-state index < -0.39 is 11.6 Å². The summed E-state index contributed by atoms with van der Waals surface area (Å²) in [6.07, 6.45) is 3.07. The van der Waals surface area contributed by atoms with Crippen LogP contribution in [0.1, 0.15) is 24.8 Å². The molecule has 82 valence electrons. The Morgan fingerprint density at radius 2 is 2.00 bits per heavy atom. The molecule has 1 aliphatic rings. The van der Waals surface area contributed by atoms with E-state index in [9.17, 15) is 8.78 Å². The van der Waals surface area contributed by atoms with Crippen LogP contribution in [0.15, 0.2) is 12.1 Å². The first-order valence-electron chi connectivity index (χ1n) is 4.92. The van der Waals surface area contributed by atoms with E-state index in [1.165, 1.54) is 6.07 Å². The highest BCUT2D eigenvalue weighted by Gasteiger charge is 2.37. The van der Waals surface area contributed by atoms with E-state index in [4.69, 9.17) is 17.3 Å². The largest absolute Gasteiger partial charge is 0.325 e. The molecule has 1 aliphatic carbocycles. The Hall–Kier alpha value is -0.670. The van der Waals surface area contributed by atoms with E-state index in [0.717, 1.165) is 18.9 Å². The highest BCUT2D eigenvalue weighted by molar-refractivity contribution is 6.30. The Morgan fingerprint density at radius 3 is 2.60 bits per heavy atom. The number of rotatable bonds is 3. The van der Waals surface area contributed by atoms with Gasteiger partial charge in [0, 0.05) is 5.54 Å². The predicted molar refractivity (Wildman–Crippen MR) is 55.8 cm³/mol. The lowest BCUT2D eigenvalue weighted by molar-refractivity contribution is 0.558. The zero-order valence-electron chi connectivity index (χ0n) is 8.19. The van der Waals surface area contributed by atoms with Crippen molar-refractivity contribution in [3.63, 3.8) is 0 Å². The van der Waals surface area contributed by atoms with Crippen molar-refractivity contribution >= 4 is 11.6 Å². The molecule has 0 unspecified atom stereocenters. The molecule has 0 saturated heterocycles. The van der Waals surface area contributed by atoms with Crippen LogP contribution < -0.4 is 5.73 Å². The average Bonchev–Trinajstić information content (AvgIpc) is 2.88. The third-order valence-electron chi connectivity index (χ3n) is 2.85. The smallest absolute Gasteiger partial charge is 0.145 e. The topological polar surface area (TPSA) is 26.0 Å². The average molecular weight is 232 g/mol. The van der Waals surface area contributed by atoms with Crippen molar-refractivity contribution in [1.82, 2.24) is 0 Å². The minimum absolute atomic E-state index is 0.148. The summed E-state index contributed by atoms with van der Waals surface area (Å²) < 4.78 is 26.4. The molecule has 0 aliphatic heterocycles. The lowest BCUT2D eigenvalue weighted by Crippen LogP contribution is -2.22. The van der Waals surface area contributed by atoms with E-state index in [1.54, 1.807) is 0 Å². The van der Waals surface area contributed by atoms with Gasteiger partial charge in [-0.15, -0.1) is 0 Å². The molecule has 1 saturated carbocycles. The summed E-state index contributed by atoms with van der Waals surface area (Å²) in [6, 6.07) is 2.17. The Morgan fingerprint density at radius 1 is 1.33 bits per heavy atom. The maximum atomic E-state index is 13.4. The van der Waals surface area contributed by atoms with Crippen molar-refractivity contribution < 1.29 is 8.78 Å². The maximum Gasteiger partial charge on any atom is 0.145 e. The molecule has 0 heterocycles. The molecule has 0 radical (unpaired) electrons. The zero-order valence-corrected chi connectivity index (χ0v) is 8.95. The van der Waals surface area contributed by atoms with Gasteiger partial charge in [0.1, 0.15) is 11.6 Å². The molecule has 4 heteroatoms. The van der Waals surface area contributed by atoms with Gasteiger partial charge in [-0.1, -0.05) is 11.6 Å². The number of nitrogens with two attached hydrogens (primary N) is 1. The van der Waals surface area contributed by atoms with Crippen molar-refractivity contribution in [2.45, 2.75) is 31.2 Å². The number of aryl methyl sites for hydroxylation is 1. The molecule has 0 amide bonds. The molecular weight excluding hydrogens is 220 g/mol. The summed E-state index contributed by atoms with van der Waals surface area (Å²) >= 11 is 5.54. The van der Waals surface area contributed by atoms with E-state index >= 15 is 0 Å². The Bertz CT molecular complexity index is 388. The predicted octanol–water partition coefficient (Wildman–Crippen LogP) is 3.04. The molecule has 0 bridgehead atoms. The number of halogens is 3. The first kappa shape index (κ1) is 10.8. The molecule has 15 heavy (non-hydrogen) atoms. The van der Waals surface area contributed by atoms with Gasteiger partial charge in [-0.05, 0) is 43.4 Å². The molecule has 1 aromatic carbocycles. The molecule has 0 aromatic heterocycles. The van der Waals surface area contributed by atoms with Crippen LogP contribution in [-0.2, 0) is 6.42 Å². The van der Waals surface area contributed by atoms with Crippen molar-refractivity contribution in [3.8, 4) is 0 Å². The fourth-order valence-electron chi connectivity index (χ4n) is 1.59. The summed E-state index contributed by atoms with van der Waals surface area (Å²) in [5.74, 6) is -1.03. The molecule has 2 N–H and O–H groups in total. The normalized spacial score (nSPS) is 17.9. The molecule has 2 rings (SSSR count). The minimum Gasteiger partial charge on any atom is -0.325 e. The standard InChI is InChI=1S/C11H12ClF2N/c12-9-6-8(13)5-7(10(9)14)1-2-11(15)3-4-11/h5-6H,1-4,15H2. The molecule has 1 nitrogen and oxygen atoms in total. The van der Waals surface area contributed by atoms with Crippen LogP contribution in [0, 0.1) is 11.6 Å². The summed E-state index contributed by atoms with van der Waals surface area (Å²) in [5, 5.41) is -0.160. The van der Waals surface area contributed by atoms with E-state index in [1.807, 2.05) is 0 Å². The summed E-state index contributed by atoms with van der Waals surface area (Å²) in [6.45, 7) is 0. The molecule has 1 fully saturated rings. The lowest BCUT2D eigenvalue weighted by atomic mass is 10.0. The first-order valence-corrected chi connectivity index (χ1v) is 5.30. The van der Waals surface area contributed by atoms with Gasteiger partial charge < -0.3 is 5.73 Å². The molecule has 0 atom stereocenters. The second kappa shape index (κ2) is 3.72. The lowest BCUT2D eigenvalue weighted by Gasteiger charge is -2.09. The number of hydrogen-bond acceptors (Lipinski definition) is 1. The van der Waals surface area contributed by atoms with Crippen molar-refractivity contribution in [1.29, 1.82) is 0 Å². The van der Waals surface area contributed by atoms with Gasteiger partial charge in [-0.2, -0.15) is 0 Å². The van der Waals surface area contributed by atoms with Crippen molar-refractivity contribution in [2.75, 3.05) is 0 Å². The van der Waals surface area contributed by atoms with Gasteiger partial charge in [0.25, 0.3) is 0 Å². The number of hydrogen-bond donors (Lipinski definition) is 1. The second-order valence-electron chi connectivity index (χ2n) is 4.22. The Kier molecular flexibility index (Phi) is 2.69. The van der Waals surface area contributed by atoms with Gasteiger partial charge in [0.2, 0.25) is 0 Å². The van der Waals surface area contributed by atoms with Crippen LogP contribution >= 0.6 is 11.6 Å². The quantitative estimate of drug-likeness (QED) is 0.795. The van der Waals surface area contributed by atoms with Gasteiger partial charge in [0.15, 0.2) is 0 Å². The SMILES string of the molecule is NC1(CCc2cc(F)cc(Cl)c2F)CC1. The fraction of sp³-hybridized carbons (Fsp3) is 0.455. The van der Waals surface area contributed by atoms with E-state index in [2.05, 4.69) is 0 Å². The summed E-state index contributed by atoms with van der Waals surface area (Å²) in [7, 11) is 0. The Balaban J connectivity index is 2.13. The number of benzene rings is 1. The van der Waals surface area contributed by atoms with Crippen LogP contribution in [0.5, 0.6) is 0 Å². The maximum absolute atomic E-state index is 13.4. The van der Waals surface area contributed by atoms with E-state index in [-0.39, 0.29) is 10.6 Å². The highest BCUT2D eigenvalue weighted by Crippen LogP contribution is 2.37. The van der Waals surface area contributed by atoms with Crippen LogP contribution in [-0.4, -0.2) is 5.54 Å². The summed E-state index contributed by atoms with van der Waals surface area (Å²) in [4.78, 5) is 0. The first-order chi connectivity index (χ1) is 7.00. The second-order valence-corrected chi connectivity index (χ2v) is 4.63. The molecular formula is C11H12ClF2N. The van der Waals surface area contributed by atoms with Crippen LogP contribution in [0.4, 0.5) is 8.78 Å². The van der Waals surface area contributed by atoms with Gasteiger partial charge in [-0.25, -0.2) is 8.78 Å². The summed E-state index contributed by atoms with van der Waals surface area (Å²) in [5.41, 5.74) is 6.04. The molecule has 1 aromatic rings. The van der Waals surface area contributed by atoms with E-state index in [0.29, 0.717) is 18.4 Å². The minimum atomic E-state index is -0.526. The fourth-order valence-corrected chi connectivity index (χ4v) is 1.81. The monoisotopic (exact) mass is 231 g/mol. The van der Waals surface area contributed by atoms with Gasteiger partial charge in [0.05, 0.1) is 5.02 Å². The third kappa shape index (κ3) is 2.47. The van der Waals surface area contributed by atoms with Crippen molar-refractivity contribution in [3.05, 3.63) is 34.4 Å². The van der Waals surface area contributed by atoms with Crippen LogP contribution in [0.25, 0.3) is 0 Å². The molecule has 0 spiro atoms. The zero-order chi connectivity index (χ0) is 11.1. The Labute approximate surface area is 92.2 Å². The van der Waals surface area contributed by atoms with Crippen LogP contribution in [0.3, 0.4) is 0 Å². The third-order valence-corrected chi connectivity index (χ3v) is 3.13. The van der Waals surface area contributed by atoms with Gasteiger partial charge in [-0.3, -0.25) is 0 Å². The van der Waals surface area contributed by atoms with Gasteiger partial charge >= 0.3 is 0 Å². The highest BCUT2D eigenvalue weighted by atomic mass is 35.5. The van der Waals surface area contributed by atoms with Crippen molar-refractivity contribution in [2.24, 2.45) is 5.73 Å². The van der Waals surface area contributed by atoms with Crippen LogP contribution in [0.2, 0.25) is 5.02 Å².